The molecule has 3 heteroatoms. The molecule has 88 valence electrons. The van der Waals surface area contributed by atoms with E-state index in [1.807, 2.05) is 0 Å². The molecule has 0 radical (unpaired) electrons. The van der Waals surface area contributed by atoms with Crippen LogP contribution in [0.4, 0.5) is 0 Å². The van der Waals surface area contributed by atoms with Gasteiger partial charge in [0.15, 0.2) is 0 Å². The molecule has 0 aromatic rings. The fourth-order valence-corrected chi connectivity index (χ4v) is 2.85. The van der Waals surface area contributed by atoms with Crippen molar-refractivity contribution in [2.75, 3.05) is 39.8 Å². The Hall–Kier alpha value is -0.120. The highest BCUT2D eigenvalue weighted by Crippen LogP contribution is 2.29. The minimum absolute atomic E-state index is 0.134. The zero-order valence-corrected chi connectivity index (χ0v) is 10.3. The van der Waals surface area contributed by atoms with Crippen molar-refractivity contribution in [2.45, 2.75) is 38.3 Å². The number of likely N-dealkylation sites (tertiary alicyclic amines) is 1. The summed E-state index contributed by atoms with van der Waals surface area (Å²) >= 11 is 0. The van der Waals surface area contributed by atoms with E-state index in [9.17, 15) is 0 Å². The fraction of sp³-hybridized carbons (Fsp3) is 1.00. The Balaban J connectivity index is 2.01. The second-order valence-electron chi connectivity index (χ2n) is 5.44. The molecule has 2 aliphatic heterocycles. The van der Waals surface area contributed by atoms with Crippen molar-refractivity contribution in [3.8, 4) is 0 Å². The van der Waals surface area contributed by atoms with Gasteiger partial charge in [-0.05, 0) is 40.3 Å². The van der Waals surface area contributed by atoms with Crippen molar-refractivity contribution >= 4 is 0 Å². The molecular formula is C12H24N2O. The predicted molar refractivity (Wildman–Crippen MR) is 62.1 cm³/mol. The molecule has 2 aliphatic rings. The number of likely N-dealkylation sites (N-methyl/N-ethyl adjacent to an activating group) is 1. The van der Waals surface area contributed by atoms with Gasteiger partial charge in [-0.25, -0.2) is 0 Å². The average Bonchev–Trinajstić information content (AvgIpc) is 2.17. The summed E-state index contributed by atoms with van der Waals surface area (Å²) < 4.78 is 6.07. The Morgan fingerprint density at radius 2 is 2.00 bits per heavy atom. The summed E-state index contributed by atoms with van der Waals surface area (Å²) in [5, 5.41) is 0. The fourth-order valence-electron chi connectivity index (χ4n) is 2.85. The maximum absolute atomic E-state index is 6.07. The number of nitrogens with zero attached hydrogens (tertiary/aromatic N) is 2. The molecule has 1 spiro atoms. The van der Waals surface area contributed by atoms with E-state index in [1.165, 1.54) is 19.4 Å². The molecule has 0 aromatic heterocycles. The van der Waals surface area contributed by atoms with Crippen LogP contribution in [0.3, 0.4) is 0 Å². The minimum atomic E-state index is 0.134. The van der Waals surface area contributed by atoms with Crippen LogP contribution in [-0.4, -0.2) is 61.3 Å². The van der Waals surface area contributed by atoms with Gasteiger partial charge in [0.05, 0.1) is 12.2 Å². The van der Waals surface area contributed by atoms with Gasteiger partial charge in [-0.1, -0.05) is 0 Å². The molecule has 2 rings (SSSR count). The Morgan fingerprint density at radius 1 is 1.20 bits per heavy atom. The Kier molecular flexibility index (Phi) is 3.33. The van der Waals surface area contributed by atoms with Crippen molar-refractivity contribution < 1.29 is 4.74 Å². The Labute approximate surface area is 93.4 Å². The van der Waals surface area contributed by atoms with E-state index in [0.717, 1.165) is 26.2 Å². The first-order valence-electron chi connectivity index (χ1n) is 6.18. The zero-order valence-electron chi connectivity index (χ0n) is 10.3. The van der Waals surface area contributed by atoms with E-state index in [0.29, 0.717) is 6.04 Å². The molecular weight excluding hydrogens is 188 g/mol. The number of morpholine rings is 1. The third kappa shape index (κ3) is 2.52. The summed E-state index contributed by atoms with van der Waals surface area (Å²) in [6.07, 6.45) is 2.52. The quantitative estimate of drug-likeness (QED) is 0.649. The van der Waals surface area contributed by atoms with Gasteiger partial charge in [-0.2, -0.15) is 0 Å². The van der Waals surface area contributed by atoms with Crippen molar-refractivity contribution in [3.05, 3.63) is 0 Å². The normalized spacial score (nSPS) is 35.2. The van der Waals surface area contributed by atoms with E-state index in [-0.39, 0.29) is 5.60 Å². The molecule has 0 unspecified atom stereocenters. The van der Waals surface area contributed by atoms with Gasteiger partial charge in [0, 0.05) is 25.7 Å². The minimum Gasteiger partial charge on any atom is -0.371 e. The van der Waals surface area contributed by atoms with Gasteiger partial charge in [0.1, 0.15) is 0 Å². The van der Waals surface area contributed by atoms with Gasteiger partial charge in [0.25, 0.3) is 0 Å². The Bertz CT molecular complexity index is 216. The maximum atomic E-state index is 6.07. The number of ether oxygens (including phenoxy) is 1. The zero-order chi connectivity index (χ0) is 10.9. The first-order chi connectivity index (χ1) is 7.11. The molecule has 1 atom stereocenters. The summed E-state index contributed by atoms with van der Waals surface area (Å²) in [7, 11) is 2.21. The van der Waals surface area contributed by atoms with Gasteiger partial charge >= 0.3 is 0 Å². The predicted octanol–water partition coefficient (Wildman–Crippen LogP) is 1.19. The molecule has 15 heavy (non-hydrogen) atoms. The van der Waals surface area contributed by atoms with Gasteiger partial charge in [-0.15, -0.1) is 0 Å². The first-order valence-corrected chi connectivity index (χ1v) is 6.18. The monoisotopic (exact) mass is 212 g/mol. The first kappa shape index (κ1) is 11.4. The molecule has 0 aromatic carbocycles. The summed E-state index contributed by atoms with van der Waals surface area (Å²) in [4.78, 5) is 4.97. The van der Waals surface area contributed by atoms with Gasteiger partial charge < -0.3 is 9.64 Å². The van der Waals surface area contributed by atoms with Crippen LogP contribution in [0.5, 0.6) is 0 Å². The van der Waals surface area contributed by atoms with Crippen LogP contribution in [0.25, 0.3) is 0 Å². The van der Waals surface area contributed by atoms with E-state index < -0.39 is 0 Å². The van der Waals surface area contributed by atoms with E-state index in [4.69, 9.17) is 4.74 Å². The highest BCUT2D eigenvalue weighted by molar-refractivity contribution is 4.94. The molecule has 3 nitrogen and oxygen atoms in total. The van der Waals surface area contributed by atoms with Gasteiger partial charge in [-0.3, -0.25) is 4.90 Å². The van der Waals surface area contributed by atoms with E-state index in [1.54, 1.807) is 0 Å². The van der Waals surface area contributed by atoms with Crippen molar-refractivity contribution in [2.24, 2.45) is 0 Å². The van der Waals surface area contributed by atoms with Crippen LogP contribution in [0.15, 0.2) is 0 Å². The number of hydrogen-bond donors (Lipinski definition) is 0. The second-order valence-corrected chi connectivity index (χ2v) is 5.44. The number of rotatable bonds is 1. The highest BCUT2D eigenvalue weighted by Gasteiger charge is 2.39. The van der Waals surface area contributed by atoms with Crippen molar-refractivity contribution in [1.82, 2.24) is 9.80 Å². The molecule has 0 N–H and O–H groups in total. The third-order valence-electron chi connectivity index (χ3n) is 3.74. The largest absolute Gasteiger partial charge is 0.371 e. The van der Waals surface area contributed by atoms with Crippen LogP contribution in [0.2, 0.25) is 0 Å². The second kappa shape index (κ2) is 4.40. The summed E-state index contributed by atoms with van der Waals surface area (Å²) in [6, 6.07) is 0.651. The van der Waals surface area contributed by atoms with E-state index in [2.05, 4.69) is 30.7 Å². The van der Waals surface area contributed by atoms with Crippen LogP contribution >= 0.6 is 0 Å². The summed E-state index contributed by atoms with van der Waals surface area (Å²) in [6.45, 7) is 10.0. The lowest BCUT2D eigenvalue weighted by molar-refractivity contribution is -0.138. The smallest absolute Gasteiger partial charge is 0.0935 e. The Morgan fingerprint density at radius 3 is 2.67 bits per heavy atom. The highest BCUT2D eigenvalue weighted by atomic mass is 16.5. The third-order valence-corrected chi connectivity index (χ3v) is 3.74. The lowest BCUT2D eigenvalue weighted by Crippen LogP contribution is -2.59. The number of hydrogen-bond acceptors (Lipinski definition) is 3. The number of piperidine rings is 1. The molecule has 2 heterocycles. The van der Waals surface area contributed by atoms with Crippen molar-refractivity contribution in [3.63, 3.8) is 0 Å². The van der Waals surface area contributed by atoms with Crippen LogP contribution in [0, 0.1) is 0 Å². The van der Waals surface area contributed by atoms with Crippen molar-refractivity contribution in [1.29, 1.82) is 0 Å². The summed E-state index contributed by atoms with van der Waals surface area (Å²) in [5.74, 6) is 0. The van der Waals surface area contributed by atoms with Gasteiger partial charge in [0.2, 0.25) is 0 Å². The lowest BCUT2D eigenvalue weighted by atomic mass is 9.90. The standard InChI is InChI=1S/C12H24N2O/c1-11(2)14-6-4-5-12(10-14)9-13(3)7-8-15-12/h11H,4-10H2,1-3H3/t12-/m1/s1. The maximum Gasteiger partial charge on any atom is 0.0935 e. The molecule has 0 bridgehead atoms. The topological polar surface area (TPSA) is 15.7 Å². The van der Waals surface area contributed by atoms with E-state index >= 15 is 0 Å². The molecule has 2 saturated heterocycles. The SMILES string of the molecule is CC(C)N1CCC[C@@]2(CN(C)CCO2)C1. The lowest BCUT2D eigenvalue weighted by Gasteiger charge is -2.48. The van der Waals surface area contributed by atoms with Crippen LogP contribution in [0.1, 0.15) is 26.7 Å². The molecule has 0 amide bonds. The molecule has 0 aliphatic carbocycles. The average molecular weight is 212 g/mol. The summed E-state index contributed by atoms with van der Waals surface area (Å²) in [5.41, 5.74) is 0.134. The molecule has 2 fully saturated rings. The van der Waals surface area contributed by atoms with Crippen LogP contribution in [-0.2, 0) is 4.74 Å². The van der Waals surface area contributed by atoms with Crippen LogP contribution < -0.4 is 0 Å². The molecule has 0 saturated carbocycles.